The van der Waals surface area contributed by atoms with Gasteiger partial charge in [-0.1, -0.05) is 26.8 Å². The zero-order chi connectivity index (χ0) is 19.3. The van der Waals surface area contributed by atoms with E-state index in [-0.39, 0.29) is 0 Å². The Morgan fingerprint density at radius 1 is 1.19 bits per heavy atom. The summed E-state index contributed by atoms with van der Waals surface area (Å²) in [5.41, 5.74) is 2.77. The fraction of sp³-hybridized carbons (Fsp3) is 0.667. The van der Waals surface area contributed by atoms with E-state index in [9.17, 15) is 9.90 Å². The first-order chi connectivity index (χ1) is 12.2. The van der Waals surface area contributed by atoms with Crippen molar-refractivity contribution < 1.29 is 15.0 Å². The van der Waals surface area contributed by atoms with Crippen molar-refractivity contribution in [3.8, 4) is 0 Å². The molecule has 1 aliphatic heterocycles. The van der Waals surface area contributed by atoms with Gasteiger partial charge in [0.15, 0.2) is 0 Å². The van der Waals surface area contributed by atoms with Gasteiger partial charge in [-0.25, -0.2) is 4.79 Å². The van der Waals surface area contributed by atoms with Crippen molar-refractivity contribution in [3.63, 3.8) is 0 Å². The highest BCUT2D eigenvalue weighted by Gasteiger charge is 2.23. The molecule has 0 amide bonds. The molecular formula is C21H34N2O3. The molecule has 146 valence electrons. The summed E-state index contributed by atoms with van der Waals surface area (Å²) in [6.07, 6.45) is 2.20. The van der Waals surface area contributed by atoms with Crippen LogP contribution in [0.25, 0.3) is 0 Å². The van der Waals surface area contributed by atoms with Gasteiger partial charge in [-0.15, -0.1) is 0 Å². The van der Waals surface area contributed by atoms with Crippen molar-refractivity contribution in [2.75, 3.05) is 32.7 Å². The fourth-order valence-electron chi connectivity index (χ4n) is 3.36. The molecule has 5 heteroatoms. The number of aryl methyl sites for hydroxylation is 2. The number of benzene rings is 1. The first-order valence-electron chi connectivity index (χ1n) is 9.63. The van der Waals surface area contributed by atoms with Crippen LogP contribution < -0.4 is 0 Å². The minimum absolute atomic E-state index is 0.318. The smallest absolute Gasteiger partial charge is 0.335 e. The number of piperazine rings is 1. The number of carbonyl (C=O) groups is 1. The zero-order valence-corrected chi connectivity index (χ0v) is 16.7. The molecule has 0 saturated carbocycles. The molecule has 0 aromatic heterocycles. The van der Waals surface area contributed by atoms with Crippen LogP contribution in [0.15, 0.2) is 18.2 Å². The first-order valence-corrected chi connectivity index (χ1v) is 9.63. The van der Waals surface area contributed by atoms with Crippen molar-refractivity contribution >= 4 is 5.97 Å². The van der Waals surface area contributed by atoms with Crippen LogP contribution in [0.5, 0.6) is 0 Å². The molecule has 2 rings (SSSR count). The van der Waals surface area contributed by atoms with Gasteiger partial charge in [0.25, 0.3) is 0 Å². The lowest BCUT2D eigenvalue weighted by molar-refractivity contribution is -0.0305. The summed E-state index contributed by atoms with van der Waals surface area (Å²) in [5, 5.41) is 19.6. The van der Waals surface area contributed by atoms with Crippen LogP contribution in [0.2, 0.25) is 0 Å². The minimum Gasteiger partial charge on any atom is -0.478 e. The summed E-state index contributed by atoms with van der Waals surface area (Å²) in [6, 6.07) is 5.22. The second-order valence-electron chi connectivity index (χ2n) is 8.65. The fourth-order valence-corrected chi connectivity index (χ4v) is 3.36. The highest BCUT2D eigenvalue weighted by atomic mass is 16.4. The van der Waals surface area contributed by atoms with Gasteiger partial charge in [-0.05, 0) is 61.4 Å². The molecule has 0 aliphatic carbocycles. The van der Waals surface area contributed by atoms with Crippen molar-refractivity contribution in [1.82, 2.24) is 9.80 Å². The molecule has 1 heterocycles. The van der Waals surface area contributed by atoms with Crippen LogP contribution in [0.3, 0.4) is 0 Å². The van der Waals surface area contributed by atoms with E-state index in [1.54, 1.807) is 12.1 Å². The van der Waals surface area contributed by atoms with E-state index in [4.69, 9.17) is 5.11 Å². The van der Waals surface area contributed by atoms with Gasteiger partial charge < -0.3 is 15.1 Å². The van der Waals surface area contributed by atoms with E-state index in [0.29, 0.717) is 17.4 Å². The molecule has 1 atom stereocenters. The number of nitrogens with zero attached hydrogens (tertiary/aromatic N) is 2. The van der Waals surface area contributed by atoms with Crippen LogP contribution in [-0.2, 0) is 6.42 Å². The lowest BCUT2D eigenvalue weighted by atomic mass is 9.92. The molecule has 1 aromatic rings. The second-order valence-corrected chi connectivity index (χ2v) is 8.65. The third-order valence-corrected chi connectivity index (χ3v) is 5.27. The summed E-state index contributed by atoms with van der Waals surface area (Å²) in [5.74, 6) is -0.899. The van der Waals surface area contributed by atoms with Crippen molar-refractivity contribution in [2.45, 2.75) is 53.2 Å². The van der Waals surface area contributed by atoms with Crippen molar-refractivity contribution in [2.24, 2.45) is 5.41 Å². The molecule has 1 saturated heterocycles. The number of aromatic carboxylic acids is 1. The predicted molar refractivity (Wildman–Crippen MR) is 105 cm³/mol. The summed E-state index contributed by atoms with van der Waals surface area (Å²) < 4.78 is 0. The Hall–Kier alpha value is -1.43. The average Bonchev–Trinajstić information content (AvgIpc) is 2.58. The Kier molecular flexibility index (Phi) is 7.21. The minimum atomic E-state index is -0.899. The Balaban J connectivity index is 1.77. The van der Waals surface area contributed by atoms with E-state index in [0.717, 1.165) is 50.3 Å². The Labute approximate surface area is 157 Å². The molecule has 1 unspecified atom stereocenters. The third kappa shape index (κ3) is 6.38. The maximum atomic E-state index is 11.0. The lowest BCUT2D eigenvalue weighted by Crippen LogP contribution is -2.50. The standard InChI is InChI=1S/C21H34N2O3/c1-16-15-18(20(25)26)6-5-17(16)7-8-19(24)23-13-11-22(12-14-23)10-9-21(2,3)4/h5-6,15,19,24H,7-14H2,1-4H3,(H,25,26). The molecule has 0 bridgehead atoms. The van der Waals surface area contributed by atoms with Crippen LogP contribution in [0, 0.1) is 12.3 Å². The molecule has 1 aliphatic rings. The normalized spacial score (nSPS) is 18.0. The van der Waals surface area contributed by atoms with Gasteiger partial charge in [0.05, 0.1) is 5.56 Å². The topological polar surface area (TPSA) is 64.0 Å². The van der Waals surface area contributed by atoms with Gasteiger partial charge in [0.1, 0.15) is 6.23 Å². The number of aliphatic hydroxyl groups excluding tert-OH is 1. The molecule has 26 heavy (non-hydrogen) atoms. The Bertz CT molecular complexity index is 602. The number of carboxylic acid groups (broad SMARTS) is 1. The van der Waals surface area contributed by atoms with Gasteiger partial charge in [0.2, 0.25) is 0 Å². The maximum Gasteiger partial charge on any atom is 0.335 e. The summed E-state index contributed by atoms with van der Waals surface area (Å²) >= 11 is 0. The Morgan fingerprint density at radius 2 is 1.85 bits per heavy atom. The van der Waals surface area contributed by atoms with Crippen LogP contribution in [0.4, 0.5) is 0 Å². The predicted octanol–water partition coefficient (Wildman–Crippen LogP) is 3.00. The summed E-state index contributed by atoms with van der Waals surface area (Å²) in [6.45, 7) is 13.7. The van der Waals surface area contributed by atoms with Gasteiger partial charge in [0, 0.05) is 26.2 Å². The number of rotatable bonds is 7. The van der Waals surface area contributed by atoms with Crippen molar-refractivity contribution in [3.05, 3.63) is 34.9 Å². The summed E-state index contributed by atoms with van der Waals surface area (Å²) in [7, 11) is 0. The molecule has 1 fully saturated rings. The number of hydrogen-bond acceptors (Lipinski definition) is 4. The van der Waals surface area contributed by atoms with Gasteiger partial charge in [-0.3, -0.25) is 4.90 Å². The van der Waals surface area contributed by atoms with Crippen molar-refractivity contribution in [1.29, 1.82) is 0 Å². The Morgan fingerprint density at radius 3 is 2.38 bits per heavy atom. The number of aliphatic hydroxyl groups is 1. The van der Waals surface area contributed by atoms with Gasteiger partial charge >= 0.3 is 5.97 Å². The van der Waals surface area contributed by atoms with Gasteiger partial charge in [-0.2, -0.15) is 0 Å². The second kappa shape index (κ2) is 8.98. The monoisotopic (exact) mass is 362 g/mol. The summed E-state index contributed by atoms with van der Waals surface area (Å²) in [4.78, 5) is 15.7. The van der Waals surface area contributed by atoms with E-state index < -0.39 is 12.2 Å². The largest absolute Gasteiger partial charge is 0.478 e. The molecule has 2 N–H and O–H groups in total. The molecule has 0 spiro atoms. The van der Waals surface area contributed by atoms with E-state index in [1.807, 2.05) is 13.0 Å². The number of carboxylic acids is 1. The molecular weight excluding hydrogens is 328 g/mol. The van der Waals surface area contributed by atoms with Crippen LogP contribution in [-0.4, -0.2) is 64.9 Å². The molecule has 5 nitrogen and oxygen atoms in total. The van der Waals surface area contributed by atoms with E-state index >= 15 is 0 Å². The third-order valence-electron chi connectivity index (χ3n) is 5.27. The quantitative estimate of drug-likeness (QED) is 0.781. The number of hydrogen-bond donors (Lipinski definition) is 2. The first kappa shape index (κ1) is 20.9. The zero-order valence-electron chi connectivity index (χ0n) is 16.7. The van der Waals surface area contributed by atoms with Crippen LogP contribution in [0.1, 0.15) is 55.1 Å². The SMILES string of the molecule is Cc1cc(C(=O)O)ccc1CCC(O)N1CCN(CCC(C)(C)C)CC1. The van der Waals surface area contributed by atoms with E-state index in [1.165, 1.54) is 6.42 Å². The highest BCUT2D eigenvalue weighted by molar-refractivity contribution is 5.87. The van der Waals surface area contributed by atoms with Crippen LogP contribution >= 0.6 is 0 Å². The molecule has 0 radical (unpaired) electrons. The maximum absolute atomic E-state index is 11.0. The average molecular weight is 363 g/mol. The van der Waals surface area contributed by atoms with E-state index in [2.05, 4.69) is 30.6 Å². The lowest BCUT2D eigenvalue weighted by Gasteiger charge is -2.38. The highest BCUT2D eigenvalue weighted by Crippen LogP contribution is 2.20. The molecule has 1 aromatic carbocycles.